The van der Waals surface area contributed by atoms with E-state index < -0.39 is 59.9 Å². The van der Waals surface area contributed by atoms with E-state index >= 15 is 0 Å². The zero-order valence-corrected chi connectivity index (χ0v) is 13.0. The second-order valence-electron chi connectivity index (χ2n) is 5.19. The molecule has 0 radical (unpaired) electrons. The molecule has 0 aliphatic rings. The van der Waals surface area contributed by atoms with E-state index in [0.717, 1.165) is 0 Å². The summed E-state index contributed by atoms with van der Waals surface area (Å²) in [6.45, 7) is 0. The molecule has 18 heteroatoms. The van der Waals surface area contributed by atoms with Gasteiger partial charge in [-0.1, -0.05) is 0 Å². The van der Waals surface area contributed by atoms with Gasteiger partial charge in [0.25, 0.3) is 0 Å². The molecule has 0 amide bonds. The number of hydrogen-bond donors (Lipinski definition) is 0. The van der Waals surface area contributed by atoms with Crippen molar-refractivity contribution < 1.29 is 74.6 Å². The van der Waals surface area contributed by atoms with Gasteiger partial charge >= 0.3 is 47.1 Å². The number of halogens is 18. The summed E-state index contributed by atoms with van der Waals surface area (Å²) in [4.78, 5) is 0. The van der Waals surface area contributed by atoms with E-state index in [2.05, 4.69) is 11.6 Å². The van der Waals surface area contributed by atoms with Crippen molar-refractivity contribution in [1.29, 1.82) is 0 Å². The van der Waals surface area contributed by atoms with Crippen molar-refractivity contribution in [1.82, 2.24) is 0 Å². The summed E-state index contributed by atoms with van der Waals surface area (Å²) in [6, 6.07) is 0. The predicted molar refractivity (Wildman–Crippen MR) is 55.8 cm³/mol. The normalized spacial score (nSPS) is 16.5. The Hall–Kier alpha value is -0.900. The van der Waals surface area contributed by atoms with Gasteiger partial charge in [0.15, 0.2) is 0 Å². The standard InChI is InChI=1S/C10H4ClF17/c11-10(27,28)9(25,26)8(23,24)7(21,22)6(19,20)5(17,18)3(12,13)1-2-4(14,15)16/h1-2H2. The lowest BCUT2D eigenvalue weighted by Gasteiger charge is -2.41. The van der Waals surface area contributed by atoms with E-state index in [0.29, 0.717) is 0 Å². The Balaban J connectivity index is 6.32. The van der Waals surface area contributed by atoms with Crippen molar-refractivity contribution in [2.24, 2.45) is 0 Å². The molecule has 28 heavy (non-hydrogen) atoms. The zero-order chi connectivity index (χ0) is 23.4. The van der Waals surface area contributed by atoms with E-state index in [4.69, 9.17) is 0 Å². The highest BCUT2D eigenvalue weighted by Crippen LogP contribution is 2.63. The van der Waals surface area contributed by atoms with Crippen LogP contribution in [0.3, 0.4) is 0 Å². The zero-order valence-electron chi connectivity index (χ0n) is 12.2. The first kappa shape index (κ1) is 27.1. The number of hydrogen-bond acceptors (Lipinski definition) is 0. The lowest BCUT2D eigenvalue weighted by Crippen LogP contribution is -2.72. The monoisotopic (exact) mass is 482 g/mol. The van der Waals surface area contributed by atoms with Crippen LogP contribution < -0.4 is 0 Å². The van der Waals surface area contributed by atoms with Gasteiger partial charge in [-0.05, 0) is 11.6 Å². The van der Waals surface area contributed by atoms with Crippen LogP contribution in [0.4, 0.5) is 74.6 Å². The summed E-state index contributed by atoms with van der Waals surface area (Å²) in [5.74, 6) is -47.1. The summed E-state index contributed by atoms with van der Waals surface area (Å²) in [6.07, 6.45) is -12.1. The molecule has 0 rings (SSSR count). The predicted octanol–water partition coefficient (Wildman–Crippen LogP) is 6.97. The molecule has 170 valence electrons. The first-order valence-electron chi connectivity index (χ1n) is 6.11. The molecule has 0 aliphatic carbocycles. The quantitative estimate of drug-likeness (QED) is 0.259. The Morgan fingerprint density at radius 2 is 0.679 bits per heavy atom. The second kappa shape index (κ2) is 6.82. The van der Waals surface area contributed by atoms with Crippen molar-refractivity contribution in [2.75, 3.05) is 0 Å². The molecule has 0 unspecified atom stereocenters. The minimum absolute atomic E-state index is 3.01. The van der Waals surface area contributed by atoms with Crippen LogP contribution in [0.1, 0.15) is 12.8 Å². The van der Waals surface area contributed by atoms with E-state index in [-0.39, 0.29) is 0 Å². The molecule has 0 fully saturated rings. The molecule has 0 atom stereocenters. The van der Waals surface area contributed by atoms with Crippen LogP contribution in [0.15, 0.2) is 0 Å². The highest BCUT2D eigenvalue weighted by atomic mass is 35.5. The molecule has 0 aromatic heterocycles. The highest BCUT2D eigenvalue weighted by Gasteiger charge is 2.92. The summed E-state index contributed by atoms with van der Waals surface area (Å²) < 4.78 is 216. The molecule has 0 N–H and O–H groups in total. The largest absolute Gasteiger partial charge is 0.393 e. The third-order valence-electron chi connectivity index (χ3n) is 3.12. The van der Waals surface area contributed by atoms with E-state index in [9.17, 15) is 74.6 Å². The molecule has 0 saturated heterocycles. The van der Waals surface area contributed by atoms with Gasteiger partial charge in [0.2, 0.25) is 0 Å². The summed E-state index contributed by atoms with van der Waals surface area (Å²) in [7, 11) is 0. The molecule has 0 aliphatic heterocycles. The Morgan fingerprint density at radius 3 is 0.964 bits per heavy atom. The minimum Gasteiger partial charge on any atom is -0.200 e. The van der Waals surface area contributed by atoms with Gasteiger partial charge in [-0.25, -0.2) is 0 Å². The maximum Gasteiger partial charge on any atom is 0.393 e. The lowest BCUT2D eigenvalue weighted by molar-refractivity contribution is -0.436. The van der Waals surface area contributed by atoms with Gasteiger partial charge in [-0.2, -0.15) is 74.6 Å². The van der Waals surface area contributed by atoms with Gasteiger partial charge in [0.05, 0.1) is 0 Å². The van der Waals surface area contributed by atoms with Crippen molar-refractivity contribution in [2.45, 2.75) is 59.9 Å². The van der Waals surface area contributed by atoms with Crippen molar-refractivity contribution in [3.05, 3.63) is 0 Å². The number of alkyl halides is 18. The molecule has 0 aromatic carbocycles. The van der Waals surface area contributed by atoms with Crippen LogP contribution in [-0.4, -0.2) is 47.1 Å². The number of rotatable bonds is 8. The molecule has 0 bridgehead atoms. The Bertz CT molecular complexity index is 553. The molecule has 0 saturated carbocycles. The summed E-state index contributed by atoms with van der Waals surface area (Å²) in [5, 5.41) is -6.76. The molecule has 0 aromatic rings. The average Bonchev–Trinajstić information content (AvgIpc) is 2.42. The smallest absolute Gasteiger partial charge is 0.200 e. The van der Waals surface area contributed by atoms with Gasteiger partial charge in [0.1, 0.15) is 0 Å². The summed E-state index contributed by atoms with van der Waals surface area (Å²) in [5.41, 5.74) is 0. The summed E-state index contributed by atoms with van der Waals surface area (Å²) >= 11 is 3.37. The lowest BCUT2D eigenvalue weighted by atomic mass is 9.90. The Kier molecular flexibility index (Phi) is 6.60. The van der Waals surface area contributed by atoms with Crippen LogP contribution in [0, 0.1) is 0 Å². The maximum atomic E-state index is 13.1. The molecule has 0 heterocycles. The van der Waals surface area contributed by atoms with E-state index in [1.165, 1.54) is 0 Å². The fourth-order valence-corrected chi connectivity index (χ4v) is 1.57. The van der Waals surface area contributed by atoms with Crippen molar-refractivity contribution in [3.63, 3.8) is 0 Å². The van der Waals surface area contributed by atoms with Crippen LogP contribution >= 0.6 is 11.6 Å². The Morgan fingerprint density at radius 1 is 0.393 bits per heavy atom. The van der Waals surface area contributed by atoms with Crippen LogP contribution in [0.25, 0.3) is 0 Å². The van der Waals surface area contributed by atoms with E-state index in [1.54, 1.807) is 0 Å². The minimum atomic E-state index is -8.34. The van der Waals surface area contributed by atoms with Gasteiger partial charge < -0.3 is 0 Å². The molecular weight excluding hydrogens is 479 g/mol. The SMILES string of the molecule is FC(F)(F)CCC(F)(F)C(F)(F)C(F)(F)C(F)(F)C(F)(F)C(F)(F)C(F)(F)Cl. The van der Waals surface area contributed by atoms with Gasteiger partial charge in [-0.15, -0.1) is 0 Å². The fourth-order valence-electron chi connectivity index (χ4n) is 1.45. The third-order valence-corrected chi connectivity index (χ3v) is 3.35. The molecule has 0 nitrogen and oxygen atoms in total. The van der Waals surface area contributed by atoms with E-state index in [1.807, 2.05) is 0 Å². The third kappa shape index (κ3) is 4.04. The average molecular weight is 483 g/mol. The Labute approximate surface area is 147 Å². The first-order chi connectivity index (χ1) is 11.7. The fraction of sp³-hybridized carbons (Fsp3) is 1.00. The van der Waals surface area contributed by atoms with Gasteiger partial charge in [-0.3, -0.25) is 0 Å². The second-order valence-corrected chi connectivity index (χ2v) is 5.66. The molecular formula is C10H4ClF17. The first-order valence-corrected chi connectivity index (χ1v) is 6.49. The van der Waals surface area contributed by atoms with Crippen LogP contribution in [0.2, 0.25) is 0 Å². The maximum absolute atomic E-state index is 13.1. The van der Waals surface area contributed by atoms with Crippen molar-refractivity contribution in [3.8, 4) is 0 Å². The highest BCUT2D eigenvalue weighted by molar-refractivity contribution is 6.22. The topological polar surface area (TPSA) is 0 Å². The van der Waals surface area contributed by atoms with Gasteiger partial charge in [0, 0.05) is 12.8 Å². The molecule has 0 spiro atoms. The van der Waals surface area contributed by atoms with Crippen LogP contribution in [-0.2, 0) is 0 Å². The van der Waals surface area contributed by atoms with Crippen LogP contribution in [0.5, 0.6) is 0 Å². The van der Waals surface area contributed by atoms with Crippen molar-refractivity contribution >= 4 is 11.6 Å².